The Balaban J connectivity index is 1.72. The van der Waals surface area contributed by atoms with Gasteiger partial charge in [-0.3, -0.25) is 0 Å². The first-order valence-electron chi connectivity index (χ1n) is 8.41. The number of nitrogens with one attached hydrogen (secondary N) is 2. The highest BCUT2D eigenvalue weighted by Gasteiger charge is 2.71. The van der Waals surface area contributed by atoms with Crippen LogP contribution in [0.15, 0.2) is 35.9 Å². The van der Waals surface area contributed by atoms with Crippen LogP contribution in [0.5, 0.6) is 0 Å². The zero-order valence-electron chi connectivity index (χ0n) is 14.0. The molecule has 9 heteroatoms. The van der Waals surface area contributed by atoms with E-state index in [9.17, 15) is 18.0 Å². The molecule has 4 rings (SSSR count). The third kappa shape index (κ3) is 2.52. The molecule has 26 heavy (non-hydrogen) atoms. The molecule has 1 aromatic carbocycles. The molecule has 2 N–H and O–H groups in total. The van der Waals surface area contributed by atoms with Crippen LogP contribution in [0.4, 0.5) is 23.7 Å². The summed E-state index contributed by atoms with van der Waals surface area (Å²) in [5.74, 6) is 0. The summed E-state index contributed by atoms with van der Waals surface area (Å²) in [5, 5.41) is 7.03. The lowest BCUT2D eigenvalue weighted by Gasteiger charge is -2.55. The van der Waals surface area contributed by atoms with Gasteiger partial charge in [0.1, 0.15) is 18.3 Å². The molecule has 2 saturated heterocycles. The van der Waals surface area contributed by atoms with Crippen molar-refractivity contribution in [2.24, 2.45) is 0 Å². The Labute approximate surface area is 153 Å². The van der Waals surface area contributed by atoms with Gasteiger partial charge in [-0.05, 0) is 49.1 Å². The number of carbonyl (C=O) groups is 1. The summed E-state index contributed by atoms with van der Waals surface area (Å²) in [5.41, 5.74) is -0.223. The van der Waals surface area contributed by atoms with Crippen molar-refractivity contribution >= 4 is 23.5 Å². The maximum absolute atomic E-state index is 12.9. The van der Waals surface area contributed by atoms with Gasteiger partial charge < -0.3 is 10.1 Å². The van der Waals surface area contributed by atoms with Crippen molar-refractivity contribution in [3.05, 3.63) is 41.4 Å². The van der Waals surface area contributed by atoms with Crippen LogP contribution in [0.2, 0.25) is 0 Å². The summed E-state index contributed by atoms with van der Waals surface area (Å²) < 4.78 is 44.5. The van der Waals surface area contributed by atoms with Crippen molar-refractivity contribution in [2.75, 3.05) is 6.54 Å². The Morgan fingerprint density at radius 3 is 2.54 bits per heavy atom. The fraction of sp³-hybridized carbons (Fsp3) is 0.471. The van der Waals surface area contributed by atoms with E-state index in [2.05, 4.69) is 10.6 Å². The van der Waals surface area contributed by atoms with Crippen molar-refractivity contribution < 1.29 is 22.7 Å². The van der Waals surface area contributed by atoms with Gasteiger partial charge in [-0.2, -0.15) is 17.7 Å². The molecular formula is C17H19F3N3O2S+. The molecule has 3 unspecified atom stereocenters. The first-order chi connectivity index (χ1) is 12.3. The number of hydrogen-bond acceptors (Lipinski definition) is 4. The number of carbonyl (C=O) groups excluding carboxylic acids is 1. The highest BCUT2D eigenvalue weighted by molar-refractivity contribution is 8.03. The molecule has 0 aromatic heterocycles. The maximum Gasteiger partial charge on any atom is 0.433 e. The number of halogens is 3. The van der Waals surface area contributed by atoms with Gasteiger partial charge in [0, 0.05) is 18.3 Å². The van der Waals surface area contributed by atoms with Crippen molar-refractivity contribution in [1.29, 1.82) is 0 Å². The normalized spacial score (nSPS) is 36.1. The van der Waals surface area contributed by atoms with E-state index in [4.69, 9.17) is 4.74 Å². The summed E-state index contributed by atoms with van der Waals surface area (Å²) in [7, 11) is 0. The first kappa shape index (κ1) is 17.7. The van der Waals surface area contributed by atoms with Crippen LogP contribution < -0.4 is 15.1 Å². The lowest BCUT2D eigenvalue weighted by molar-refractivity contribution is -0.137. The molecule has 3 aliphatic heterocycles. The van der Waals surface area contributed by atoms with E-state index in [1.165, 1.54) is 23.9 Å². The second-order valence-electron chi connectivity index (χ2n) is 6.82. The summed E-state index contributed by atoms with van der Waals surface area (Å²) in [6.45, 7) is 2.35. The standard InChI is InChI=1S/C17H18F3N3O2S/c1-11-2-7-14(25-11)10-23(15(24)22-17(23)21-8-9-26-17)13-5-3-12(4-6-13)16(18,19)20/h3-6,8-9,11,14,21H,2,7,10H2,1H3/p+1/t11?,14-,17?,23?/m1/s1. The summed E-state index contributed by atoms with van der Waals surface area (Å²) in [4.78, 5) is 12.8. The molecule has 3 aliphatic rings. The SMILES string of the molecule is CC1CC[C@H](C[N+]2(c3ccc(C(F)(F)F)cc3)C(=O)NC23NC=CS3)O1. The fourth-order valence-electron chi connectivity index (χ4n) is 3.85. The van der Waals surface area contributed by atoms with Crippen LogP contribution in [0.1, 0.15) is 25.3 Å². The van der Waals surface area contributed by atoms with Gasteiger partial charge in [0.2, 0.25) is 0 Å². The van der Waals surface area contributed by atoms with Crippen molar-refractivity contribution in [2.45, 2.75) is 43.3 Å². The number of rotatable bonds is 3. The van der Waals surface area contributed by atoms with Crippen molar-refractivity contribution in [1.82, 2.24) is 15.1 Å². The highest BCUT2D eigenvalue weighted by atomic mass is 32.2. The fourth-order valence-corrected chi connectivity index (χ4v) is 4.91. The lowest BCUT2D eigenvalue weighted by atomic mass is 10.1. The van der Waals surface area contributed by atoms with Gasteiger partial charge in [0.05, 0.1) is 11.7 Å². The zero-order chi connectivity index (χ0) is 18.6. The number of ether oxygens (including phenoxy) is 1. The van der Waals surface area contributed by atoms with Crippen LogP contribution in [-0.4, -0.2) is 29.9 Å². The molecular weight excluding hydrogens is 367 g/mol. The quantitative estimate of drug-likeness (QED) is 0.778. The Hall–Kier alpha value is -1.71. The Morgan fingerprint density at radius 1 is 1.31 bits per heavy atom. The van der Waals surface area contributed by atoms with Crippen LogP contribution >= 0.6 is 11.8 Å². The average molecular weight is 386 g/mol. The number of quaternary nitrogens is 1. The zero-order valence-corrected chi connectivity index (χ0v) is 14.9. The van der Waals surface area contributed by atoms with E-state index in [-0.39, 0.29) is 22.7 Å². The molecule has 0 saturated carbocycles. The number of benzene rings is 1. The van der Waals surface area contributed by atoms with Crippen molar-refractivity contribution in [3.8, 4) is 0 Å². The van der Waals surface area contributed by atoms with E-state index in [0.717, 1.165) is 25.0 Å². The number of thioether (sulfide) groups is 1. The lowest BCUT2D eigenvalue weighted by Crippen LogP contribution is -2.91. The van der Waals surface area contributed by atoms with E-state index in [1.54, 1.807) is 6.20 Å². The van der Waals surface area contributed by atoms with Gasteiger partial charge in [0.15, 0.2) is 0 Å². The number of hydrogen-bond donors (Lipinski definition) is 2. The molecule has 1 aromatic rings. The predicted octanol–water partition coefficient (Wildman–Crippen LogP) is 3.72. The van der Waals surface area contributed by atoms with Crippen LogP contribution in [0, 0.1) is 0 Å². The minimum Gasteiger partial charge on any atom is -0.369 e. The van der Waals surface area contributed by atoms with E-state index in [1.807, 2.05) is 12.3 Å². The Morgan fingerprint density at radius 2 is 2.04 bits per heavy atom. The first-order valence-corrected chi connectivity index (χ1v) is 9.29. The van der Waals surface area contributed by atoms with Gasteiger partial charge in [-0.1, -0.05) is 0 Å². The number of nitrogens with zero attached hydrogens (tertiary/aromatic N) is 1. The Kier molecular flexibility index (Phi) is 4.01. The van der Waals surface area contributed by atoms with E-state index in [0.29, 0.717) is 12.2 Å². The summed E-state index contributed by atoms with van der Waals surface area (Å²) >= 11 is 1.40. The molecule has 2 amide bonds. The van der Waals surface area contributed by atoms with Gasteiger partial charge in [-0.25, -0.2) is 10.1 Å². The van der Waals surface area contributed by atoms with Crippen LogP contribution in [0.25, 0.3) is 0 Å². The minimum absolute atomic E-state index is 0.121. The third-order valence-corrected chi connectivity index (χ3v) is 6.32. The average Bonchev–Trinajstić information content (AvgIpc) is 3.22. The van der Waals surface area contributed by atoms with Gasteiger partial charge in [0.25, 0.3) is 0 Å². The highest BCUT2D eigenvalue weighted by Crippen LogP contribution is 2.48. The molecule has 0 aliphatic carbocycles. The second-order valence-corrected chi connectivity index (χ2v) is 7.92. The maximum atomic E-state index is 12.9. The van der Waals surface area contributed by atoms with Crippen LogP contribution in [-0.2, 0) is 10.9 Å². The van der Waals surface area contributed by atoms with E-state index < -0.39 is 16.9 Å². The minimum atomic E-state index is -4.41. The Bertz CT molecular complexity index is 745. The second kappa shape index (κ2) is 5.90. The monoisotopic (exact) mass is 386 g/mol. The smallest absolute Gasteiger partial charge is 0.369 e. The third-order valence-electron chi connectivity index (χ3n) is 5.18. The van der Waals surface area contributed by atoms with E-state index >= 15 is 0 Å². The number of alkyl halides is 3. The molecule has 0 bridgehead atoms. The molecule has 0 radical (unpaired) electrons. The van der Waals surface area contributed by atoms with Gasteiger partial charge in [-0.15, -0.1) is 0 Å². The van der Waals surface area contributed by atoms with Crippen molar-refractivity contribution in [3.63, 3.8) is 0 Å². The largest absolute Gasteiger partial charge is 0.433 e. The van der Waals surface area contributed by atoms with Crippen LogP contribution in [0.3, 0.4) is 0 Å². The number of amides is 2. The molecule has 4 atom stereocenters. The molecule has 3 heterocycles. The predicted molar refractivity (Wildman–Crippen MR) is 92.8 cm³/mol. The summed E-state index contributed by atoms with van der Waals surface area (Å²) in [6, 6.07) is 4.58. The topological polar surface area (TPSA) is 50.4 Å². The van der Waals surface area contributed by atoms with Gasteiger partial charge >= 0.3 is 17.3 Å². The summed E-state index contributed by atoms with van der Waals surface area (Å²) in [6.07, 6.45) is -0.953. The molecule has 2 fully saturated rings. The molecule has 5 nitrogen and oxygen atoms in total. The molecule has 1 spiro atoms. The number of urea groups is 1. The molecule has 140 valence electrons.